The summed E-state index contributed by atoms with van der Waals surface area (Å²) in [6.45, 7) is 3.01. The molecule has 1 aromatic heterocycles. The van der Waals surface area contributed by atoms with Crippen LogP contribution in [0.4, 0.5) is 5.69 Å². The Labute approximate surface area is 130 Å². The predicted molar refractivity (Wildman–Crippen MR) is 88.0 cm³/mol. The number of nitrogens with zero attached hydrogens (tertiary/aromatic N) is 2. The Morgan fingerprint density at radius 1 is 1.27 bits per heavy atom. The first-order valence-electron chi connectivity index (χ1n) is 7.88. The van der Waals surface area contributed by atoms with Gasteiger partial charge in [-0.3, -0.25) is 4.79 Å². The van der Waals surface area contributed by atoms with Gasteiger partial charge in [-0.05, 0) is 31.4 Å². The number of fused-ring (bicyclic) bond motifs is 1. The van der Waals surface area contributed by atoms with Gasteiger partial charge in [0.1, 0.15) is 0 Å². The van der Waals surface area contributed by atoms with Crippen molar-refractivity contribution in [2.75, 3.05) is 32.5 Å². The minimum absolute atomic E-state index is 0.0961. The molecule has 1 fully saturated rings. The molecule has 2 aromatic rings. The zero-order valence-electron chi connectivity index (χ0n) is 13.0. The fraction of sp³-hybridized carbons (Fsp3) is 0.471. The highest BCUT2D eigenvalue weighted by Gasteiger charge is 2.23. The molecule has 2 N–H and O–H groups in total. The van der Waals surface area contributed by atoms with E-state index in [2.05, 4.69) is 4.57 Å². The number of likely N-dealkylation sites (tertiary alicyclic amines) is 1. The van der Waals surface area contributed by atoms with Gasteiger partial charge in [-0.25, -0.2) is 0 Å². The molecule has 0 unspecified atom stereocenters. The van der Waals surface area contributed by atoms with Gasteiger partial charge in [0.2, 0.25) is 0 Å². The number of anilines is 1. The smallest absolute Gasteiger partial charge is 0.256 e. The Bertz CT molecular complexity index is 672. The minimum Gasteiger partial charge on any atom is -0.398 e. The Hall–Kier alpha value is -2.01. The summed E-state index contributed by atoms with van der Waals surface area (Å²) in [5, 5.41) is 0.870. The Morgan fingerprint density at radius 3 is 2.77 bits per heavy atom. The molecule has 3 rings (SSSR count). The molecule has 0 spiro atoms. The first-order valence-corrected chi connectivity index (χ1v) is 7.88. The van der Waals surface area contributed by atoms with Gasteiger partial charge in [0.05, 0.1) is 17.7 Å². The minimum atomic E-state index is 0.0961. The Morgan fingerprint density at radius 2 is 2.05 bits per heavy atom. The van der Waals surface area contributed by atoms with Crippen LogP contribution in [-0.4, -0.2) is 42.2 Å². The van der Waals surface area contributed by atoms with Crippen LogP contribution in [0.2, 0.25) is 0 Å². The third-order valence-corrected chi connectivity index (χ3v) is 4.35. The second-order valence-electron chi connectivity index (χ2n) is 5.82. The molecule has 1 amide bonds. The van der Waals surface area contributed by atoms with Crippen molar-refractivity contribution in [3.63, 3.8) is 0 Å². The number of hydrogen-bond acceptors (Lipinski definition) is 3. The van der Waals surface area contributed by atoms with E-state index in [1.165, 1.54) is 6.42 Å². The second-order valence-corrected chi connectivity index (χ2v) is 5.82. The highest BCUT2D eigenvalue weighted by atomic mass is 16.5. The number of aromatic nitrogens is 1. The molecule has 5 heteroatoms. The third kappa shape index (κ3) is 2.68. The van der Waals surface area contributed by atoms with E-state index in [4.69, 9.17) is 10.5 Å². The molecule has 1 aliphatic rings. The van der Waals surface area contributed by atoms with E-state index < -0.39 is 0 Å². The molecule has 0 aliphatic carbocycles. The zero-order chi connectivity index (χ0) is 15.5. The molecule has 22 heavy (non-hydrogen) atoms. The SMILES string of the molecule is COCCn1cc(C(=O)N2CCCCC2)c2c(N)cccc21. The number of nitrogen functional groups attached to an aromatic ring is 1. The van der Waals surface area contributed by atoms with Crippen molar-refractivity contribution in [1.82, 2.24) is 9.47 Å². The van der Waals surface area contributed by atoms with E-state index in [1.807, 2.05) is 29.3 Å². The number of nitrogens with two attached hydrogens (primary N) is 1. The summed E-state index contributed by atoms with van der Waals surface area (Å²) in [6.07, 6.45) is 5.31. The average Bonchev–Trinajstić information content (AvgIpc) is 2.93. The topological polar surface area (TPSA) is 60.5 Å². The van der Waals surface area contributed by atoms with Gasteiger partial charge in [0.25, 0.3) is 5.91 Å². The molecule has 5 nitrogen and oxygen atoms in total. The van der Waals surface area contributed by atoms with Crippen molar-refractivity contribution in [3.05, 3.63) is 30.0 Å². The van der Waals surface area contributed by atoms with Crippen molar-refractivity contribution in [2.45, 2.75) is 25.8 Å². The number of carbonyl (C=O) groups is 1. The van der Waals surface area contributed by atoms with Gasteiger partial charge in [-0.1, -0.05) is 6.07 Å². The summed E-state index contributed by atoms with van der Waals surface area (Å²) >= 11 is 0. The summed E-state index contributed by atoms with van der Waals surface area (Å²) in [7, 11) is 1.68. The fourth-order valence-corrected chi connectivity index (χ4v) is 3.18. The molecule has 0 radical (unpaired) electrons. The normalized spacial score (nSPS) is 15.4. The van der Waals surface area contributed by atoms with Crippen molar-refractivity contribution in [1.29, 1.82) is 0 Å². The maximum atomic E-state index is 12.9. The summed E-state index contributed by atoms with van der Waals surface area (Å²) in [5.74, 6) is 0.0961. The quantitative estimate of drug-likeness (QED) is 0.883. The van der Waals surface area contributed by atoms with Crippen LogP contribution in [0.3, 0.4) is 0 Å². The highest BCUT2D eigenvalue weighted by Crippen LogP contribution is 2.28. The molecule has 1 aromatic carbocycles. The van der Waals surface area contributed by atoms with Gasteiger partial charge in [0.15, 0.2) is 0 Å². The van der Waals surface area contributed by atoms with Gasteiger partial charge < -0.3 is 19.9 Å². The zero-order valence-corrected chi connectivity index (χ0v) is 13.0. The maximum Gasteiger partial charge on any atom is 0.256 e. The number of amides is 1. The molecule has 2 heterocycles. The number of methoxy groups -OCH3 is 1. The lowest BCUT2D eigenvalue weighted by Crippen LogP contribution is -2.35. The first kappa shape index (κ1) is 14.9. The van der Waals surface area contributed by atoms with Crippen LogP contribution in [0.1, 0.15) is 29.6 Å². The molecule has 118 valence electrons. The van der Waals surface area contributed by atoms with Crippen molar-refractivity contribution < 1.29 is 9.53 Å². The van der Waals surface area contributed by atoms with Crippen molar-refractivity contribution in [3.8, 4) is 0 Å². The summed E-state index contributed by atoms with van der Waals surface area (Å²) in [5.41, 5.74) is 8.52. The van der Waals surface area contributed by atoms with E-state index in [9.17, 15) is 4.79 Å². The number of ether oxygens (including phenoxy) is 1. The molecular formula is C17H23N3O2. The average molecular weight is 301 g/mol. The van der Waals surface area contributed by atoms with Crippen LogP contribution >= 0.6 is 0 Å². The monoisotopic (exact) mass is 301 g/mol. The lowest BCUT2D eigenvalue weighted by molar-refractivity contribution is 0.0726. The Kier molecular flexibility index (Phi) is 4.34. The number of hydrogen-bond donors (Lipinski definition) is 1. The van der Waals surface area contributed by atoms with Gasteiger partial charge in [-0.2, -0.15) is 0 Å². The first-order chi connectivity index (χ1) is 10.7. The number of benzene rings is 1. The van der Waals surface area contributed by atoms with Crippen LogP contribution in [0.15, 0.2) is 24.4 Å². The van der Waals surface area contributed by atoms with Crippen LogP contribution in [0.5, 0.6) is 0 Å². The van der Waals surface area contributed by atoms with Crippen LogP contribution in [0.25, 0.3) is 10.9 Å². The molecule has 0 atom stereocenters. The van der Waals surface area contributed by atoms with E-state index in [0.717, 1.165) is 36.8 Å². The van der Waals surface area contributed by atoms with E-state index >= 15 is 0 Å². The third-order valence-electron chi connectivity index (χ3n) is 4.35. The molecule has 0 saturated carbocycles. The molecule has 1 saturated heterocycles. The molecule has 0 bridgehead atoms. The van der Waals surface area contributed by atoms with E-state index in [1.54, 1.807) is 7.11 Å². The largest absolute Gasteiger partial charge is 0.398 e. The lowest BCUT2D eigenvalue weighted by atomic mass is 10.1. The fourth-order valence-electron chi connectivity index (χ4n) is 3.18. The van der Waals surface area contributed by atoms with Crippen molar-refractivity contribution in [2.24, 2.45) is 0 Å². The molecule has 1 aliphatic heterocycles. The van der Waals surface area contributed by atoms with E-state index in [-0.39, 0.29) is 5.91 Å². The number of carbonyl (C=O) groups excluding carboxylic acids is 1. The summed E-state index contributed by atoms with van der Waals surface area (Å²) < 4.78 is 7.23. The highest BCUT2D eigenvalue weighted by molar-refractivity contribution is 6.11. The lowest BCUT2D eigenvalue weighted by Gasteiger charge is -2.26. The second kappa shape index (κ2) is 6.40. The van der Waals surface area contributed by atoms with Crippen molar-refractivity contribution >= 4 is 22.5 Å². The van der Waals surface area contributed by atoms with Crippen LogP contribution in [0, 0.1) is 0 Å². The maximum absolute atomic E-state index is 12.9. The Balaban J connectivity index is 2.02. The predicted octanol–water partition coefficient (Wildman–Crippen LogP) is 2.50. The van der Waals surface area contributed by atoms with Crippen LogP contribution in [-0.2, 0) is 11.3 Å². The standard InChI is InChI=1S/C17H23N3O2/c1-22-11-10-20-12-13(16-14(18)6-5-7-15(16)20)17(21)19-8-3-2-4-9-19/h5-7,12H,2-4,8-11,18H2,1H3. The van der Waals surface area contributed by atoms with Gasteiger partial charge >= 0.3 is 0 Å². The number of piperidine rings is 1. The summed E-state index contributed by atoms with van der Waals surface area (Å²) in [4.78, 5) is 14.8. The van der Waals surface area contributed by atoms with Crippen LogP contribution < -0.4 is 5.73 Å². The van der Waals surface area contributed by atoms with E-state index in [0.29, 0.717) is 24.4 Å². The van der Waals surface area contributed by atoms with Gasteiger partial charge in [0, 0.05) is 44.0 Å². The summed E-state index contributed by atoms with van der Waals surface area (Å²) in [6, 6.07) is 5.79. The molecular weight excluding hydrogens is 278 g/mol. The number of rotatable bonds is 4. The van der Waals surface area contributed by atoms with Gasteiger partial charge in [-0.15, -0.1) is 0 Å².